The summed E-state index contributed by atoms with van der Waals surface area (Å²) < 4.78 is 11.2. The van der Waals surface area contributed by atoms with Crippen LogP contribution in [0.2, 0.25) is 0 Å². The van der Waals surface area contributed by atoms with E-state index in [0.29, 0.717) is 23.7 Å². The third-order valence-electron chi connectivity index (χ3n) is 3.63. The largest absolute Gasteiger partial charge is 0.487 e. The van der Waals surface area contributed by atoms with Gasteiger partial charge in [-0.3, -0.25) is 14.9 Å². The molecule has 3 rings (SSSR count). The summed E-state index contributed by atoms with van der Waals surface area (Å²) in [6, 6.07) is 13.0. The maximum atomic E-state index is 12.5. The number of carbonyl (C=O) groups is 1. The number of non-ortho nitro benzene ring substituents is 1. The van der Waals surface area contributed by atoms with E-state index in [4.69, 9.17) is 9.47 Å². The van der Waals surface area contributed by atoms with Crippen molar-refractivity contribution in [1.29, 1.82) is 0 Å². The number of hydrogen-bond acceptors (Lipinski definition) is 5. The van der Waals surface area contributed by atoms with Crippen molar-refractivity contribution in [3.63, 3.8) is 0 Å². The van der Waals surface area contributed by atoms with Crippen molar-refractivity contribution in [3.05, 3.63) is 58.6 Å². The average Bonchev–Trinajstić information content (AvgIpc) is 2.59. The van der Waals surface area contributed by atoms with Crippen molar-refractivity contribution in [1.82, 2.24) is 0 Å². The Balaban J connectivity index is 1.68. The Kier molecular flexibility index (Phi) is 4.33. The highest BCUT2D eigenvalue weighted by Gasteiger charge is 2.27. The molecule has 2 aromatic rings. The number of benzene rings is 2. The molecular formula is C17H16N2O5. The normalized spacial score (nSPS) is 16.0. The fourth-order valence-electron chi connectivity index (χ4n) is 2.51. The van der Waals surface area contributed by atoms with Gasteiger partial charge in [-0.1, -0.05) is 12.1 Å². The van der Waals surface area contributed by atoms with Gasteiger partial charge in [-0.15, -0.1) is 0 Å². The molecular weight excluding hydrogens is 312 g/mol. The van der Waals surface area contributed by atoms with Crippen LogP contribution in [0.15, 0.2) is 48.5 Å². The Morgan fingerprint density at radius 3 is 2.71 bits per heavy atom. The van der Waals surface area contributed by atoms with Crippen LogP contribution >= 0.6 is 0 Å². The van der Waals surface area contributed by atoms with Crippen molar-refractivity contribution in [2.45, 2.75) is 13.0 Å². The molecule has 0 fully saturated rings. The first kappa shape index (κ1) is 15.8. The lowest BCUT2D eigenvalue weighted by atomic mass is 10.2. The lowest BCUT2D eigenvalue weighted by Gasteiger charge is -2.33. The minimum absolute atomic E-state index is 0.0235. The quantitative estimate of drug-likeness (QED) is 0.637. The first-order valence-corrected chi connectivity index (χ1v) is 7.48. The molecule has 0 aliphatic carbocycles. The van der Waals surface area contributed by atoms with E-state index in [2.05, 4.69) is 0 Å². The molecule has 24 heavy (non-hydrogen) atoms. The Bertz CT molecular complexity index is 760. The second-order valence-electron chi connectivity index (χ2n) is 5.44. The van der Waals surface area contributed by atoms with E-state index in [0.717, 1.165) is 0 Å². The molecule has 0 saturated carbocycles. The van der Waals surface area contributed by atoms with Crippen LogP contribution < -0.4 is 14.4 Å². The van der Waals surface area contributed by atoms with Gasteiger partial charge in [0.2, 0.25) is 0 Å². The minimum Gasteiger partial charge on any atom is -0.487 e. The van der Waals surface area contributed by atoms with Gasteiger partial charge < -0.3 is 14.4 Å². The van der Waals surface area contributed by atoms with Crippen molar-refractivity contribution in [2.24, 2.45) is 0 Å². The number of hydrogen-bond donors (Lipinski definition) is 0. The van der Waals surface area contributed by atoms with Gasteiger partial charge in [0.25, 0.3) is 11.6 Å². The summed E-state index contributed by atoms with van der Waals surface area (Å²) in [7, 11) is 0. The van der Waals surface area contributed by atoms with Crippen LogP contribution in [-0.4, -0.2) is 30.1 Å². The Morgan fingerprint density at radius 1 is 1.29 bits per heavy atom. The number of carbonyl (C=O) groups excluding carboxylic acids is 1. The molecule has 0 saturated heterocycles. The molecule has 0 radical (unpaired) electrons. The van der Waals surface area contributed by atoms with E-state index >= 15 is 0 Å². The zero-order valence-electron chi connectivity index (χ0n) is 13.0. The topological polar surface area (TPSA) is 81.9 Å². The first-order chi connectivity index (χ1) is 11.5. The van der Waals surface area contributed by atoms with Gasteiger partial charge in [0, 0.05) is 12.1 Å². The van der Waals surface area contributed by atoms with Gasteiger partial charge in [-0.05, 0) is 31.2 Å². The summed E-state index contributed by atoms with van der Waals surface area (Å²) in [4.78, 5) is 24.3. The van der Waals surface area contributed by atoms with Crippen LogP contribution in [-0.2, 0) is 4.79 Å². The van der Waals surface area contributed by atoms with Crippen LogP contribution in [0.25, 0.3) is 0 Å². The number of fused-ring (bicyclic) bond motifs is 1. The molecule has 0 unspecified atom stereocenters. The molecule has 0 N–H and O–H groups in total. The highest BCUT2D eigenvalue weighted by Crippen LogP contribution is 2.33. The molecule has 2 aromatic carbocycles. The van der Waals surface area contributed by atoms with E-state index in [9.17, 15) is 14.9 Å². The summed E-state index contributed by atoms with van der Waals surface area (Å²) in [6.45, 7) is 2.19. The predicted molar refractivity (Wildman–Crippen MR) is 87.5 cm³/mol. The lowest BCUT2D eigenvalue weighted by molar-refractivity contribution is -0.384. The second kappa shape index (κ2) is 6.57. The van der Waals surface area contributed by atoms with Gasteiger partial charge >= 0.3 is 0 Å². The van der Waals surface area contributed by atoms with Crippen LogP contribution in [0.5, 0.6) is 11.5 Å². The maximum absolute atomic E-state index is 12.5. The Labute approximate surface area is 138 Å². The molecule has 0 bridgehead atoms. The van der Waals surface area contributed by atoms with Crippen LogP contribution in [0.4, 0.5) is 11.4 Å². The number of amides is 1. The molecule has 7 heteroatoms. The zero-order chi connectivity index (χ0) is 17.1. The minimum atomic E-state index is -0.485. The monoisotopic (exact) mass is 328 g/mol. The van der Waals surface area contributed by atoms with Crippen LogP contribution in [0.1, 0.15) is 6.92 Å². The molecule has 0 aromatic heterocycles. The van der Waals surface area contributed by atoms with E-state index in [1.807, 2.05) is 31.2 Å². The van der Waals surface area contributed by atoms with Gasteiger partial charge in [0.15, 0.2) is 6.61 Å². The van der Waals surface area contributed by atoms with E-state index in [1.165, 1.54) is 24.3 Å². The van der Waals surface area contributed by atoms with Crippen molar-refractivity contribution in [2.75, 3.05) is 18.1 Å². The molecule has 7 nitrogen and oxygen atoms in total. The first-order valence-electron chi connectivity index (χ1n) is 7.48. The second-order valence-corrected chi connectivity index (χ2v) is 5.44. The maximum Gasteiger partial charge on any atom is 0.269 e. The zero-order valence-corrected chi connectivity index (χ0v) is 13.0. The SMILES string of the molecule is C[C@@H]1CN(C(=O)COc2ccc([N+](=O)[O-])cc2)c2ccccc2O1. The number of para-hydroxylation sites is 2. The molecule has 1 aliphatic heterocycles. The third kappa shape index (κ3) is 3.29. The Hall–Kier alpha value is -3.09. The summed E-state index contributed by atoms with van der Waals surface area (Å²) in [5, 5.41) is 10.6. The molecule has 1 aliphatic rings. The summed E-state index contributed by atoms with van der Waals surface area (Å²) in [6.07, 6.45) is -0.108. The highest BCUT2D eigenvalue weighted by molar-refractivity contribution is 5.96. The number of rotatable bonds is 4. The van der Waals surface area contributed by atoms with Crippen molar-refractivity contribution in [3.8, 4) is 11.5 Å². The van der Waals surface area contributed by atoms with E-state index in [-0.39, 0.29) is 24.3 Å². The summed E-state index contributed by atoms with van der Waals surface area (Å²) in [5.41, 5.74) is 0.692. The smallest absolute Gasteiger partial charge is 0.269 e. The fraction of sp³-hybridized carbons (Fsp3) is 0.235. The number of nitrogens with zero attached hydrogens (tertiary/aromatic N) is 2. The molecule has 0 spiro atoms. The van der Waals surface area contributed by atoms with Gasteiger partial charge in [-0.25, -0.2) is 0 Å². The van der Waals surface area contributed by atoms with Gasteiger partial charge in [-0.2, -0.15) is 0 Å². The van der Waals surface area contributed by atoms with Crippen LogP contribution in [0, 0.1) is 10.1 Å². The number of nitro groups is 1. The van der Waals surface area contributed by atoms with Gasteiger partial charge in [0.1, 0.15) is 17.6 Å². The standard InChI is InChI=1S/C17H16N2O5/c1-12-10-18(15-4-2-3-5-16(15)24-12)17(20)11-23-14-8-6-13(7-9-14)19(21)22/h2-9,12H,10-11H2,1H3/t12-/m1/s1. The summed E-state index contributed by atoms with van der Waals surface area (Å²) >= 11 is 0. The lowest BCUT2D eigenvalue weighted by Crippen LogP contribution is -2.44. The van der Waals surface area contributed by atoms with E-state index in [1.54, 1.807) is 4.90 Å². The average molecular weight is 328 g/mol. The van der Waals surface area contributed by atoms with Gasteiger partial charge in [0.05, 0.1) is 17.2 Å². The molecule has 1 atom stereocenters. The molecule has 124 valence electrons. The summed E-state index contributed by atoms with van der Waals surface area (Å²) in [5.74, 6) is 0.874. The number of ether oxygens (including phenoxy) is 2. The molecule has 1 amide bonds. The van der Waals surface area contributed by atoms with E-state index < -0.39 is 4.92 Å². The fourth-order valence-corrected chi connectivity index (χ4v) is 2.51. The highest BCUT2D eigenvalue weighted by atomic mass is 16.6. The molecule has 1 heterocycles. The predicted octanol–water partition coefficient (Wildman–Crippen LogP) is 2.79. The number of nitro benzene ring substituents is 1. The van der Waals surface area contributed by atoms with Crippen molar-refractivity contribution < 1.29 is 19.2 Å². The van der Waals surface area contributed by atoms with Crippen LogP contribution in [0.3, 0.4) is 0 Å². The number of anilines is 1. The Morgan fingerprint density at radius 2 is 2.00 bits per heavy atom. The third-order valence-corrected chi connectivity index (χ3v) is 3.63. The van der Waals surface area contributed by atoms with Crippen molar-refractivity contribution >= 4 is 17.3 Å².